The van der Waals surface area contributed by atoms with Crippen LogP contribution in [0, 0.1) is 12.3 Å². The van der Waals surface area contributed by atoms with E-state index in [4.69, 9.17) is 16.3 Å². The van der Waals surface area contributed by atoms with E-state index in [9.17, 15) is 9.59 Å². The number of urea groups is 1. The highest BCUT2D eigenvalue weighted by Gasteiger charge is 2.25. The summed E-state index contributed by atoms with van der Waals surface area (Å²) < 4.78 is 5.30. The van der Waals surface area contributed by atoms with E-state index in [1.807, 2.05) is 0 Å². The molecule has 19 heavy (non-hydrogen) atoms. The van der Waals surface area contributed by atoms with Crippen molar-refractivity contribution in [2.24, 2.45) is 0 Å². The van der Waals surface area contributed by atoms with E-state index in [1.54, 1.807) is 4.90 Å². The molecule has 0 spiro atoms. The number of terminal acetylenes is 1. The Hall–Kier alpha value is -1.74. The van der Waals surface area contributed by atoms with Crippen molar-refractivity contribution in [2.45, 2.75) is 31.8 Å². The average Bonchev–Trinajstić information content (AvgIpc) is 2.38. The Kier molecular flexibility index (Phi) is 6.75. The highest BCUT2D eigenvalue weighted by molar-refractivity contribution is 5.74. The molecule has 106 valence electrons. The number of rotatable bonds is 6. The third-order valence-corrected chi connectivity index (χ3v) is 2.85. The van der Waals surface area contributed by atoms with Gasteiger partial charge in [-0.25, -0.2) is 4.79 Å². The molecule has 2 N–H and O–H groups in total. The fourth-order valence-corrected chi connectivity index (χ4v) is 1.88. The Labute approximate surface area is 113 Å². The molecule has 6 heteroatoms. The zero-order valence-corrected chi connectivity index (χ0v) is 10.9. The number of carbonyl (C=O) groups is 2. The molecular weight excluding hydrogens is 248 g/mol. The van der Waals surface area contributed by atoms with E-state index in [1.165, 1.54) is 0 Å². The third kappa shape index (κ3) is 6.11. The normalized spacial score (nSPS) is 18.7. The first-order valence-electron chi connectivity index (χ1n) is 6.43. The van der Waals surface area contributed by atoms with Crippen molar-refractivity contribution in [3.05, 3.63) is 0 Å². The number of hydrogen-bond acceptors (Lipinski definition) is 3. The second-order valence-corrected chi connectivity index (χ2v) is 4.43. The summed E-state index contributed by atoms with van der Waals surface area (Å²) in [5, 5.41) is 11.5. The molecule has 1 rings (SSSR count). The Morgan fingerprint density at radius 3 is 2.95 bits per heavy atom. The molecule has 2 amide bonds. The minimum Gasteiger partial charge on any atom is -0.481 e. The summed E-state index contributed by atoms with van der Waals surface area (Å²) in [4.78, 5) is 24.0. The zero-order chi connectivity index (χ0) is 14.1. The lowest BCUT2D eigenvalue weighted by Gasteiger charge is -2.32. The van der Waals surface area contributed by atoms with Crippen LogP contribution in [0.2, 0.25) is 0 Å². The van der Waals surface area contributed by atoms with E-state index in [2.05, 4.69) is 11.2 Å². The molecule has 0 aromatic rings. The van der Waals surface area contributed by atoms with Crippen LogP contribution in [0.5, 0.6) is 0 Å². The number of amides is 2. The molecule has 0 aromatic heterocycles. The van der Waals surface area contributed by atoms with E-state index in [0.717, 1.165) is 12.8 Å². The first-order valence-corrected chi connectivity index (χ1v) is 6.43. The summed E-state index contributed by atoms with van der Waals surface area (Å²) in [5.74, 6) is 1.63. The maximum absolute atomic E-state index is 11.8. The summed E-state index contributed by atoms with van der Waals surface area (Å²) in [6.07, 6.45) is 7.09. The second-order valence-electron chi connectivity index (χ2n) is 4.43. The van der Waals surface area contributed by atoms with Crippen molar-refractivity contribution < 1.29 is 19.4 Å². The Morgan fingerprint density at radius 1 is 1.47 bits per heavy atom. The SMILES string of the molecule is C#CCCCCNC(=O)N1CCOC(CC(=O)O)C1. The highest BCUT2D eigenvalue weighted by atomic mass is 16.5. The quantitative estimate of drug-likeness (QED) is 0.548. The van der Waals surface area contributed by atoms with Crippen LogP contribution in [-0.4, -0.2) is 54.4 Å². The molecular formula is C13H20N2O4. The molecule has 1 aliphatic rings. The van der Waals surface area contributed by atoms with Crippen molar-refractivity contribution in [3.8, 4) is 12.3 Å². The lowest BCUT2D eigenvalue weighted by atomic mass is 10.2. The summed E-state index contributed by atoms with van der Waals surface area (Å²) in [5.41, 5.74) is 0. The van der Waals surface area contributed by atoms with Crippen LogP contribution in [0.3, 0.4) is 0 Å². The van der Waals surface area contributed by atoms with Gasteiger partial charge >= 0.3 is 12.0 Å². The number of unbranched alkanes of at least 4 members (excludes halogenated alkanes) is 2. The summed E-state index contributed by atoms with van der Waals surface area (Å²) in [7, 11) is 0. The van der Waals surface area contributed by atoms with E-state index < -0.39 is 12.1 Å². The first kappa shape index (κ1) is 15.3. The van der Waals surface area contributed by atoms with E-state index in [0.29, 0.717) is 32.7 Å². The predicted molar refractivity (Wildman–Crippen MR) is 69.6 cm³/mol. The minimum atomic E-state index is -0.915. The van der Waals surface area contributed by atoms with Crippen LogP contribution in [0.15, 0.2) is 0 Å². The molecule has 1 aliphatic heterocycles. The lowest BCUT2D eigenvalue weighted by molar-refractivity contribution is -0.141. The summed E-state index contributed by atoms with van der Waals surface area (Å²) in [6.45, 7) is 1.78. The monoisotopic (exact) mass is 268 g/mol. The van der Waals surface area contributed by atoms with Crippen molar-refractivity contribution in [2.75, 3.05) is 26.2 Å². The number of ether oxygens (including phenoxy) is 1. The first-order chi connectivity index (χ1) is 9.13. The number of carboxylic acids is 1. The summed E-state index contributed by atoms with van der Waals surface area (Å²) in [6, 6.07) is -0.167. The minimum absolute atomic E-state index is 0.0774. The maximum Gasteiger partial charge on any atom is 0.317 e. The molecule has 0 aromatic carbocycles. The number of nitrogens with one attached hydrogen (secondary N) is 1. The standard InChI is InChI=1S/C13H20N2O4/c1-2-3-4-5-6-14-13(18)15-7-8-19-11(10-15)9-12(16)17/h1,11H,3-10H2,(H,14,18)(H,16,17). The van der Waals surface area contributed by atoms with Gasteiger partial charge in [-0.2, -0.15) is 0 Å². The third-order valence-electron chi connectivity index (χ3n) is 2.85. The summed E-state index contributed by atoms with van der Waals surface area (Å²) >= 11 is 0. The van der Waals surface area contributed by atoms with Gasteiger partial charge in [0.1, 0.15) is 0 Å². The largest absolute Gasteiger partial charge is 0.481 e. The fourth-order valence-electron chi connectivity index (χ4n) is 1.88. The molecule has 6 nitrogen and oxygen atoms in total. The molecule has 1 saturated heterocycles. The van der Waals surface area contributed by atoms with Crippen molar-refractivity contribution >= 4 is 12.0 Å². The van der Waals surface area contributed by atoms with Crippen LogP contribution < -0.4 is 5.32 Å². The molecule has 1 fully saturated rings. The van der Waals surface area contributed by atoms with Gasteiger partial charge in [-0.1, -0.05) is 0 Å². The van der Waals surface area contributed by atoms with Crippen LogP contribution in [0.25, 0.3) is 0 Å². The smallest absolute Gasteiger partial charge is 0.317 e. The van der Waals surface area contributed by atoms with Crippen molar-refractivity contribution in [1.29, 1.82) is 0 Å². The average molecular weight is 268 g/mol. The van der Waals surface area contributed by atoms with Crippen LogP contribution in [0.1, 0.15) is 25.7 Å². The van der Waals surface area contributed by atoms with Gasteiger partial charge < -0.3 is 20.1 Å². The van der Waals surface area contributed by atoms with Crippen LogP contribution in [-0.2, 0) is 9.53 Å². The molecule has 0 bridgehead atoms. The topological polar surface area (TPSA) is 78.9 Å². The van der Waals surface area contributed by atoms with Crippen molar-refractivity contribution in [3.63, 3.8) is 0 Å². The lowest BCUT2D eigenvalue weighted by Crippen LogP contribution is -2.50. The molecule has 0 radical (unpaired) electrons. The highest BCUT2D eigenvalue weighted by Crippen LogP contribution is 2.08. The Morgan fingerprint density at radius 2 is 2.26 bits per heavy atom. The van der Waals surface area contributed by atoms with Crippen LogP contribution in [0.4, 0.5) is 4.79 Å². The number of carboxylic acid groups (broad SMARTS) is 1. The molecule has 1 unspecified atom stereocenters. The molecule has 1 atom stereocenters. The zero-order valence-electron chi connectivity index (χ0n) is 10.9. The number of carbonyl (C=O) groups excluding carboxylic acids is 1. The molecule has 1 heterocycles. The number of nitrogens with zero attached hydrogens (tertiary/aromatic N) is 1. The van der Waals surface area contributed by atoms with Gasteiger partial charge in [0, 0.05) is 26.1 Å². The van der Waals surface area contributed by atoms with E-state index >= 15 is 0 Å². The fraction of sp³-hybridized carbons (Fsp3) is 0.692. The Balaban J connectivity index is 2.24. The van der Waals surface area contributed by atoms with Gasteiger partial charge in [-0.3, -0.25) is 4.79 Å². The van der Waals surface area contributed by atoms with Crippen LogP contribution >= 0.6 is 0 Å². The molecule has 0 saturated carbocycles. The molecule has 0 aliphatic carbocycles. The van der Waals surface area contributed by atoms with Gasteiger partial charge in [-0.05, 0) is 12.8 Å². The van der Waals surface area contributed by atoms with E-state index in [-0.39, 0.29) is 12.5 Å². The van der Waals surface area contributed by atoms with Crippen molar-refractivity contribution in [1.82, 2.24) is 10.2 Å². The van der Waals surface area contributed by atoms with Gasteiger partial charge in [0.25, 0.3) is 0 Å². The second kappa shape index (κ2) is 8.38. The Bertz CT molecular complexity index is 351. The van der Waals surface area contributed by atoms with Gasteiger partial charge in [-0.15, -0.1) is 12.3 Å². The predicted octanol–water partition coefficient (Wildman–Crippen LogP) is 0.675. The number of aliphatic carboxylic acids is 1. The van der Waals surface area contributed by atoms with Gasteiger partial charge in [0.05, 0.1) is 19.1 Å². The number of morpholine rings is 1. The van der Waals surface area contributed by atoms with Gasteiger partial charge in [0.15, 0.2) is 0 Å². The van der Waals surface area contributed by atoms with Gasteiger partial charge in [0.2, 0.25) is 0 Å². The number of hydrogen-bond donors (Lipinski definition) is 2. The maximum atomic E-state index is 11.8.